The van der Waals surface area contributed by atoms with E-state index in [0.29, 0.717) is 21.4 Å². The van der Waals surface area contributed by atoms with Gasteiger partial charge in [0.1, 0.15) is 10.7 Å². The number of fused-ring (bicyclic) bond motifs is 1. The van der Waals surface area contributed by atoms with Crippen molar-refractivity contribution in [2.75, 3.05) is 4.90 Å². The van der Waals surface area contributed by atoms with Gasteiger partial charge in [0, 0.05) is 0 Å². The molecule has 1 fully saturated rings. The summed E-state index contributed by atoms with van der Waals surface area (Å²) in [5, 5.41) is 0.717. The standard InChI is InChI=1S/C21H12N2O2S3/c24-21-23(13-6-2-1-3-7-13)20(26)18(28-21)12-14-10-11-16(25-14)19-22-15-8-4-5-9-17(15)27-19/h1-12H/b18-12-. The Morgan fingerprint density at radius 2 is 1.79 bits per heavy atom. The first-order chi connectivity index (χ1) is 13.7. The second-order valence-corrected chi connectivity index (χ2v) is 8.45. The third-order valence-corrected chi connectivity index (χ3v) is 6.68. The van der Waals surface area contributed by atoms with Gasteiger partial charge in [-0.15, -0.1) is 11.3 Å². The van der Waals surface area contributed by atoms with E-state index in [2.05, 4.69) is 4.98 Å². The molecular weight excluding hydrogens is 408 g/mol. The number of thiazole rings is 1. The highest BCUT2D eigenvalue weighted by molar-refractivity contribution is 8.20. The Morgan fingerprint density at radius 3 is 2.61 bits per heavy atom. The number of furan rings is 1. The van der Waals surface area contributed by atoms with Gasteiger partial charge in [-0.25, -0.2) is 4.98 Å². The van der Waals surface area contributed by atoms with E-state index in [0.717, 1.165) is 32.7 Å². The molecule has 5 rings (SSSR count). The van der Waals surface area contributed by atoms with Crippen molar-refractivity contribution in [1.29, 1.82) is 0 Å². The molecule has 0 radical (unpaired) electrons. The lowest BCUT2D eigenvalue weighted by Crippen LogP contribution is -2.26. The minimum atomic E-state index is -0.111. The summed E-state index contributed by atoms with van der Waals surface area (Å²) in [7, 11) is 0. The molecule has 0 aliphatic carbocycles. The summed E-state index contributed by atoms with van der Waals surface area (Å²) in [4.78, 5) is 19.8. The van der Waals surface area contributed by atoms with E-state index >= 15 is 0 Å². The van der Waals surface area contributed by atoms with Crippen LogP contribution >= 0.6 is 35.3 Å². The number of hydrogen-bond donors (Lipinski definition) is 0. The van der Waals surface area contributed by atoms with Crippen molar-refractivity contribution in [3.63, 3.8) is 0 Å². The fraction of sp³-hybridized carbons (Fsp3) is 0. The molecule has 1 aliphatic rings. The van der Waals surface area contributed by atoms with Crippen molar-refractivity contribution in [2.45, 2.75) is 0 Å². The number of amides is 1. The van der Waals surface area contributed by atoms with Gasteiger partial charge in [0.15, 0.2) is 10.8 Å². The van der Waals surface area contributed by atoms with Crippen LogP contribution in [0.2, 0.25) is 0 Å². The SMILES string of the molecule is O=C1S/C(=C\c2ccc(-c3nc4ccccc4s3)o2)C(=S)N1c1ccccc1. The van der Waals surface area contributed by atoms with Crippen molar-refractivity contribution >= 4 is 67.5 Å². The van der Waals surface area contributed by atoms with Crippen LogP contribution in [0.1, 0.15) is 5.76 Å². The van der Waals surface area contributed by atoms with Crippen molar-refractivity contribution in [3.05, 3.63) is 77.4 Å². The minimum Gasteiger partial charge on any atom is -0.454 e. The maximum atomic E-state index is 12.4. The maximum Gasteiger partial charge on any atom is 0.296 e. The lowest BCUT2D eigenvalue weighted by atomic mass is 10.3. The Balaban J connectivity index is 1.44. The average Bonchev–Trinajstić information content (AvgIpc) is 3.40. The zero-order valence-electron chi connectivity index (χ0n) is 14.4. The van der Waals surface area contributed by atoms with E-state index in [1.807, 2.05) is 72.8 Å². The molecule has 1 saturated heterocycles. The molecule has 2 aromatic heterocycles. The molecule has 1 amide bonds. The van der Waals surface area contributed by atoms with Gasteiger partial charge in [0.05, 0.1) is 20.8 Å². The Hall–Kier alpha value is -2.74. The van der Waals surface area contributed by atoms with Gasteiger partial charge >= 0.3 is 0 Å². The summed E-state index contributed by atoms with van der Waals surface area (Å²) < 4.78 is 7.07. The van der Waals surface area contributed by atoms with Crippen LogP contribution in [0.5, 0.6) is 0 Å². The number of para-hydroxylation sites is 2. The molecule has 4 nitrogen and oxygen atoms in total. The molecule has 0 unspecified atom stereocenters. The Labute approximate surface area is 174 Å². The predicted octanol–water partition coefficient (Wildman–Crippen LogP) is 6.60. The van der Waals surface area contributed by atoms with Crippen LogP contribution < -0.4 is 4.90 Å². The number of hydrogen-bond acceptors (Lipinski definition) is 6. The first kappa shape index (κ1) is 17.4. The lowest BCUT2D eigenvalue weighted by Gasteiger charge is -2.14. The molecule has 4 aromatic rings. The number of carbonyl (C=O) groups is 1. The molecule has 3 heterocycles. The summed E-state index contributed by atoms with van der Waals surface area (Å²) >= 11 is 8.23. The molecule has 136 valence electrons. The topological polar surface area (TPSA) is 46.3 Å². The van der Waals surface area contributed by atoms with Crippen molar-refractivity contribution < 1.29 is 9.21 Å². The first-order valence-corrected chi connectivity index (χ1v) is 10.5. The largest absolute Gasteiger partial charge is 0.454 e. The van der Waals surface area contributed by atoms with Crippen LogP contribution in [-0.2, 0) is 0 Å². The highest BCUT2D eigenvalue weighted by atomic mass is 32.2. The van der Waals surface area contributed by atoms with Crippen molar-refractivity contribution in [2.24, 2.45) is 0 Å². The molecule has 28 heavy (non-hydrogen) atoms. The average molecular weight is 421 g/mol. The van der Waals surface area contributed by atoms with Crippen LogP contribution in [0.25, 0.3) is 27.1 Å². The first-order valence-electron chi connectivity index (χ1n) is 8.48. The van der Waals surface area contributed by atoms with Gasteiger partial charge in [-0.1, -0.05) is 42.5 Å². The quantitative estimate of drug-likeness (QED) is 0.276. The van der Waals surface area contributed by atoms with Crippen molar-refractivity contribution in [1.82, 2.24) is 4.98 Å². The number of benzene rings is 2. The number of aromatic nitrogens is 1. The molecule has 7 heteroatoms. The van der Waals surface area contributed by atoms with E-state index in [1.54, 1.807) is 16.2 Å². The maximum absolute atomic E-state index is 12.4. The number of nitrogens with zero attached hydrogens (tertiary/aromatic N) is 2. The van der Waals surface area contributed by atoms with Gasteiger partial charge in [0.2, 0.25) is 0 Å². The number of carbonyl (C=O) groups excluding carboxylic acids is 1. The number of thiocarbonyl (C=S) groups is 1. The fourth-order valence-electron chi connectivity index (χ4n) is 2.92. The van der Waals surface area contributed by atoms with Crippen molar-refractivity contribution in [3.8, 4) is 10.8 Å². The summed E-state index contributed by atoms with van der Waals surface area (Å²) in [6, 6.07) is 21.2. The van der Waals surface area contributed by atoms with Crippen LogP contribution in [0.4, 0.5) is 10.5 Å². The Morgan fingerprint density at radius 1 is 1.00 bits per heavy atom. The Bertz CT molecular complexity index is 1210. The Kier molecular flexibility index (Phi) is 4.35. The number of anilines is 1. The third-order valence-electron chi connectivity index (χ3n) is 4.21. The second-order valence-electron chi connectivity index (χ2n) is 6.04. The molecule has 2 aromatic carbocycles. The summed E-state index contributed by atoms with van der Waals surface area (Å²) in [6.45, 7) is 0. The summed E-state index contributed by atoms with van der Waals surface area (Å²) in [5.74, 6) is 1.34. The highest BCUT2D eigenvalue weighted by Crippen LogP contribution is 2.37. The monoisotopic (exact) mass is 420 g/mol. The fourth-order valence-corrected chi connectivity index (χ4v) is 5.11. The third kappa shape index (κ3) is 3.07. The molecule has 0 saturated carbocycles. The zero-order valence-corrected chi connectivity index (χ0v) is 16.8. The van der Waals surface area contributed by atoms with Crippen LogP contribution in [0.15, 0.2) is 76.1 Å². The molecule has 0 bridgehead atoms. The second kappa shape index (κ2) is 7.01. The summed E-state index contributed by atoms with van der Waals surface area (Å²) in [6.07, 6.45) is 1.81. The zero-order chi connectivity index (χ0) is 19.1. The van der Waals surface area contributed by atoms with E-state index in [4.69, 9.17) is 16.6 Å². The van der Waals surface area contributed by atoms with Gasteiger partial charge in [-0.05, 0) is 54.2 Å². The molecule has 1 aliphatic heterocycles. The molecular formula is C21H12N2O2S3. The van der Waals surface area contributed by atoms with E-state index in [9.17, 15) is 4.79 Å². The molecule has 0 spiro atoms. The minimum absolute atomic E-state index is 0.111. The van der Waals surface area contributed by atoms with E-state index < -0.39 is 0 Å². The van der Waals surface area contributed by atoms with E-state index in [1.165, 1.54) is 0 Å². The predicted molar refractivity (Wildman–Crippen MR) is 120 cm³/mol. The molecule has 0 atom stereocenters. The number of rotatable bonds is 3. The van der Waals surface area contributed by atoms with Gasteiger partial charge in [-0.2, -0.15) is 0 Å². The van der Waals surface area contributed by atoms with Crippen LogP contribution in [-0.4, -0.2) is 15.2 Å². The van der Waals surface area contributed by atoms with Gasteiger partial charge in [0.25, 0.3) is 5.24 Å². The van der Waals surface area contributed by atoms with Gasteiger partial charge in [-0.3, -0.25) is 9.69 Å². The summed E-state index contributed by atoms with van der Waals surface area (Å²) in [5.41, 5.74) is 1.72. The lowest BCUT2D eigenvalue weighted by molar-refractivity contribution is 0.268. The highest BCUT2D eigenvalue weighted by Gasteiger charge is 2.33. The van der Waals surface area contributed by atoms with E-state index in [-0.39, 0.29) is 5.24 Å². The van der Waals surface area contributed by atoms with Gasteiger partial charge < -0.3 is 4.42 Å². The normalized spacial score (nSPS) is 15.9. The molecule has 0 N–H and O–H groups in total. The van der Waals surface area contributed by atoms with Crippen LogP contribution in [0.3, 0.4) is 0 Å². The number of thioether (sulfide) groups is 1. The van der Waals surface area contributed by atoms with Crippen LogP contribution in [0, 0.1) is 0 Å². The smallest absolute Gasteiger partial charge is 0.296 e.